The van der Waals surface area contributed by atoms with E-state index in [4.69, 9.17) is 16.0 Å². The van der Waals surface area contributed by atoms with E-state index in [0.29, 0.717) is 11.7 Å². The van der Waals surface area contributed by atoms with E-state index in [1.165, 1.54) is 0 Å². The van der Waals surface area contributed by atoms with Crippen LogP contribution in [-0.4, -0.2) is 10.1 Å². The Kier molecular flexibility index (Phi) is 3.70. The maximum Gasteiger partial charge on any atom is 0.243 e. The van der Waals surface area contributed by atoms with Gasteiger partial charge in [-0.15, -0.1) is 12.4 Å². The Balaban J connectivity index is 0.00000112. The molecule has 4 N–H and O–H groups in total. The molecule has 86 valence electrons. The molecule has 1 aromatic rings. The molecule has 5 nitrogen and oxygen atoms in total. The van der Waals surface area contributed by atoms with Gasteiger partial charge in [-0.05, 0) is 25.7 Å². The van der Waals surface area contributed by atoms with Crippen molar-refractivity contribution in [1.29, 1.82) is 0 Å². The Morgan fingerprint density at radius 2 is 2.20 bits per heavy atom. The van der Waals surface area contributed by atoms with Crippen LogP contribution in [0.1, 0.15) is 50.4 Å². The third kappa shape index (κ3) is 2.14. The number of rotatable bonds is 3. The molecule has 0 aromatic carbocycles. The second-order valence-corrected chi connectivity index (χ2v) is 3.98. The first-order valence-corrected chi connectivity index (χ1v) is 5.04. The van der Waals surface area contributed by atoms with Crippen molar-refractivity contribution in [2.24, 2.45) is 11.5 Å². The summed E-state index contributed by atoms with van der Waals surface area (Å²) in [7, 11) is 0. The van der Waals surface area contributed by atoms with Crippen LogP contribution < -0.4 is 11.5 Å². The molecule has 1 heterocycles. The highest BCUT2D eigenvalue weighted by molar-refractivity contribution is 5.85. The predicted octanol–water partition coefficient (Wildman–Crippen LogP) is 1.24. The molecule has 1 aliphatic rings. The molecular weight excluding hydrogens is 216 g/mol. The first-order chi connectivity index (χ1) is 6.65. The smallest absolute Gasteiger partial charge is 0.243 e. The molecule has 0 bridgehead atoms. The van der Waals surface area contributed by atoms with Gasteiger partial charge in [-0.2, -0.15) is 4.98 Å². The van der Waals surface area contributed by atoms with Crippen LogP contribution in [0.25, 0.3) is 0 Å². The fraction of sp³-hybridized carbons (Fsp3) is 0.778. The SMILES string of the molecule is CCC(N)c1nc(C2(N)CCC2)no1.Cl. The number of aromatic nitrogens is 2. The van der Waals surface area contributed by atoms with Gasteiger partial charge in [-0.3, -0.25) is 0 Å². The molecule has 1 aromatic heterocycles. The first kappa shape index (κ1) is 12.4. The summed E-state index contributed by atoms with van der Waals surface area (Å²) in [6, 6.07) is -0.167. The van der Waals surface area contributed by atoms with E-state index in [1.54, 1.807) is 0 Å². The minimum absolute atomic E-state index is 0. The van der Waals surface area contributed by atoms with Crippen molar-refractivity contribution >= 4 is 12.4 Å². The normalized spacial score (nSPS) is 20.2. The lowest BCUT2D eigenvalue weighted by Gasteiger charge is -2.34. The topological polar surface area (TPSA) is 91.0 Å². The zero-order chi connectivity index (χ0) is 10.2. The highest BCUT2D eigenvalue weighted by Crippen LogP contribution is 2.37. The van der Waals surface area contributed by atoms with Crippen molar-refractivity contribution in [3.8, 4) is 0 Å². The first-order valence-electron chi connectivity index (χ1n) is 5.04. The summed E-state index contributed by atoms with van der Waals surface area (Å²) in [5.74, 6) is 1.11. The molecule has 1 saturated carbocycles. The van der Waals surface area contributed by atoms with Crippen molar-refractivity contribution < 1.29 is 4.52 Å². The summed E-state index contributed by atoms with van der Waals surface area (Å²) in [4.78, 5) is 4.25. The van der Waals surface area contributed by atoms with Crippen molar-refractivity contribution in [1.82, 2.24) is 10.1 Å². The number of nitrogens with two attached hydrogens (primary N) is 2. The number of hydrogen-bond donors (Lipinski definition) is 2. The molecule has 0 radical (unpaired) electrons. The quantitative estimate of drug-likeness (QED) is 0.818. The Bertz CT molecular complexity index is 324. The second kappa shape index (κ2) is 4.47. The standard InChI is InChI=1S/C9H16N4O.ClH/c1-2-6(10)7-12-8(13-14-7)9(11)4-3-5-9;/h6H,2-5,10-11H2,1H3;1H. The lowest BCUT2D eigenvalue weighted by Crippen LogP contribution is -2.44. The molecule has 1 aliphatic carbocycles. The van der Waals surface area contributed by atoms with Crippen LogP contribution in [0.3, 0.4) is 0 Å². The fourth-order valence-corrected chi connectivity index (χ4v) is 1.54. The van der Waals surface area contributed by atoms with Gasteiger partial charge in [0.2, 0.25) is 5.89 Å². The summed E-state index contributed by atoms with van der Waals surface area (Å²) >= 11 is 0. The molecular formula is C9H17ClN4O. The van der Waals surface area contributed by atoms with E-state index in [1.807, 2.05) is 6.92 Å². The molecule has 2 rings (SSSR count). The number of halogens is 1. The van der Waals surface area contributed by atoms with Crippen molar-refractivity contribution in [2.75, 3.05) is 0 Å². The highest BCUT2D eigenvalue weighted by atomic mass is 35.5. The molecule has 1 unspecified atom stereocenters. The Labute approximate surface area is 95.0 Å². The highest BCUT2D eigenvalue weighted by Gasteiger charge is 2.39. The summed E-state index contributed by atoms with van der Waals surface area (Å²) in [6.07, 6.45) is 3.81. The average Bonchev–Trinajstić information content (AvgIpc) is 2.62. The summed E-state index contributed by atoms with van der Waals surface area (Å²) in [5.41, 5.74) is 11.5. The van der Waals surface area contributed by atoms with Crippen LogP contribution in [0.4, 0.5) is 0 Å². The van der Waals surface area contributed by atoms with Gasteiger partial charge >= 0.3 is 0 Å². The van der Waals surface area contributed by atoms with Crippen LogP contribution in [-0.2, 0) is 5.54 Å². The van der Waals surface area contributed by atoms with Crippen LogP contribution in [0.5, 0.6) is 0 Å². The molecule has 0 aliphatic heterocycles. The van der Waals surface area contributed by atoms with Crippen molar-refractivity contribution in [3.05, 3.63) is 11.7 Å². The van der Waals surface area contributed by atoms with Gasteiger partial charge in [-0.25, -0.2) is 0 Å². The molecule has 6 heteroatoms. The fourth-order valence-electron chi connectivity index (χ4n) is 1.54. The number of hydrogen-bond acceptors (Lipinski definition) is 5. The molecule has 0 saturated heterocycles. The van der Waals surface area contributed by atoms with Gasteiger partial charge in [0.15, 0.2) is 5.82 Å². The largest absolute Gasteiger partial charge is 0.338 e. The van der Waals surface area contributed by atoms with E-state index in [9.17, 15) is 0 Å². The molecule has 0 spiro atoms. The Morgan fingerprint density at radius 3 is 2.67 bits per heavy atom. The van der Waals surface area contributed by atoms with Gasteiger partial charge in [0, 0.05) is 0 Å². The van der Waals surface area contributed by atoms with E-state index >= 15 is 0 Å². The minimum atomic E-state index is -0.352. The predicted molar refractivity (Wildman–Crippen MR) is 58.5 cm³/mol. The zero-order valence-electron chi connectivity index (χ0n) is 8.77. The van der Waals surface area contributed by atoms with E-state index in [0.717, 1.165) is 25.7 Å². The molecule has 1 atom stereocenters. The third-order valence-electron chi connectivity index (χ3n) is 2.89. The molecule has 1 fully saturated rings. The van der Waals surface area contributed by atoms with Gasteiger partial charge < -0.3 is 16.0 Å². The lowest BCUT2D eigenvalue weighted by atomic mass is 9.77. The van der Waals surface area contributed by atoms with E-state index < -0.39 is 0 Å². The van der Waals surface area contributed by atoms with Gasteiger partial charge in [-0.1, -0.05) is 12.1 Å². The maximum atomic E-state index is 6.05. The second-order valence-electron chi connectivity index (χ2n) is 3.98. The Hall–Kier alpha value is -0.650. The van der Waals surface area contributed by atoms with Crippen LogP contribution in [0.2, 0.25) is 0 Å². The summed E-state index contributed by atoms with van der Waals surface area (Å²) < 4.78 is 5.07. The maximum absolute atomic E-state index is 6.05. The summed E-state index contributed by atoms with van der Waals surface area (Å²) in [6.45, 7) is 1.98. The van der Waals surface area contributed by atoms with Crippen LogP contribution >= 0.6 is 12.4 Å². The molecule has 15 heavy (non-hydrogen) atoms. The van der Waals surface area contributed by atoms with Crippen LogP contribution in [0, 0.1) is 0 Å². The van der Waals surface area contributed by atoms with Gasteiger partial charge in [0.1, 0.15) is 0 Å². The zero-order valence-corrected chi connectivity index (χ0v) is 9.59. The average molecular weight is 233 g/mol. The molecule has 0 amide bonds. The minimum Gasteiger partial charge on any atom is -0.338 e. The van der Waals surface area contributed by atoms with E-state index in [2.05, 4.69) is 10.1 Å². The van der Waals surface area contributed by atoms with Gasteiger partial charge in [0.25, 0.3) is 0 Å². The van der Waals surface area contributed by atoms with Crippen LogP contribution in [0.15, 0.2) is 4.52 Å². The summed E-state index contributed by atoms with van der Waals surface area (Å²) in [5, 5.41) is 3.89. The van der Waals surface area contributed by atoms with E-state index in [-0.39, 0.29) is 24.0 Å². The Morgan fingerprint density at radius 1 is 1.53 bits per heavy atom. The van der Waals surface area contributed by atoms with Gasteiger partial charge in [0.05, 0.1) is 11.6 Å². The number of nitrogens with zero attached hydrogens (tertiary/aromatic N) is 2. The van der Waals surface area contributed by atoms with Crippen molar-refractivity contribution in [2.45, 2.75) is 44.2 Å². The lowest BCUT2D eigenvalue weighted by molar-refractivity contribution is 0.228. The monoisotopic (exact) mass is 232 g/mol. The van der Waals surface area contributed by atoms with Crippen molar-refractivity contribution in [3.63, 3.8) is 0 Å². The third-order valence-corrected chi connectivity index (χ3v) is 2.89.